The first-order valence-electron chi connectivity index (χ1n) is 9.56. The fourth-order valence-corrected chi connectivity index (χ4v) is 3.59. The van der Waals surface area contributed by atoms with E-state index in [2.05, 4.69) is 15.4 Å². The van der Waals surface area contributed by atoms with Crippen LogP contribution in [0.25, 0.3) is 22.2 Å². The maximum absolute atomic E-state index is 12.7. The minimum atomic E-state index is -0.424. The first kappa shape index (κ1) is 18.3. The molecule has 2 atom stereocenters. The number of nitrogens with zero attached hydrogens (tertiary/aromatic N) is 3. The molecule has 5 rings (SSSR count). The third-order valence-electron chi connectivity index (χ3n) is 5.13. The zero-order valence-corrected chi connectivity index (χ0v) is 15.9. The molecule has 0 spiro atoms. The van der Waals surface area contributed by atoms with Crippen LogP contribution in [-0.2, 0) is 4.74 Å². The number of furan rings is 1. The summed E-state index contributed by atoms with van der Waals surface area (Å²) in [7, 11) is 0. The summed E-state index contributed by atoms with van der Waals surface area (Å²) < 4.78 is 12.6. The summed E-state index contributed by atoms with van der Waals surface area (Å²) in [6, 6.07) is 15.1. The van der Waals surface area contributed by atoms with Crippen LogP contribution in [0, 0.1) is 0 Å². The first-order chi connectivity index (χ1) is 14.7. The molecule has 0 radical (unpaired) electrons. The second kappa shape index (κ2) is 7.57. The molecule has 1 aromatic carbocycles. The Bertz CT molecular complexity index is 1230. The fourth-order valence-electron chi connectivity index (χ4n) is 3.59. The number of benzene rings is 1. The average Bonchev–Trinajstić information content (AvgIpc) is 3.41. The predicted molar refractivity (Wildman–Crippen MR) is 109 cm³/mol. The molecule has 8 nitrogen and oxygen atoms in total. The zero-order valence-electron chi connectivity index (χ0n) is 15.9. The summed E-state index contributed by atoms with van der Waals surface area (Å²) in [6.07, 6.45) is 3.34. The molecule has 1 fully saturated rings. The van der Waals surface area contributed by atoms with Crippen LogP contribution < -0.4 is 10.9 Å². The van der Waals surface area contributed by atoms with E-state index in [1.165, 1.54) is 10.7 Å². The number of aromatic nitrogens is 3. The summed E-state index contributed by atoms with van der Waals surface area (Å²) in [5.41, 5.74) is 1.88. The number of ether oxygens (including phenoxy) is 1. The summed E-state index contributed by atoms with van der Waals surface area (Å²) in [5.74, 6) is -0.141. The third kappa shape index (κ3) is 3.37. The van der Waals surface area contributed by atoms with Crippen molar-refractivity contribution in [3.8, 4) is 11.3 Å². The van der Waals surface area contributed by atoms with Crippen LogP contribution in [0.3, 0.4) is 0 Å². The van der Waals surface area contributed by atoms with Gasteiger partial charge in [-0.2, -0.15) is 5.10 Å². The van der Waals surface area contributed by atoms with Crippen molar-refractivity contribution >= 4 is 16.9 Å². The molecule has 1 aliphatic rings. The van der Waals surface area contributed by atoms with Gasteiger partial charge in [-0.05, 0) is 30.3 Å². The van der Waals surface area contributed by atoms with Gasteiger partial charge in [-0.25, -0.2) is 4.68 Å². The predicted octanol–water partition coefficient (Wildman–Crippen LogP) is 2.42. The maximum Gasteiger partial charge on any atom is 0.287 e. The summed E-state index contributed by atoms with van der Waals surface area (Å²) in [4.78, 5) is 29.3. The van der Waals surface area contributed by atoms with E-state index in [-0.39, 0.29) is 30.4 Å². The molecule has 150 valence electrons. The highest BCUT2D eigenvalue weighted by Crippen LogP contribution is 2.22. The smallest absolute Gasteiger partial charge is 0.287 e. The molecule has 4 heterocycles. The molecule has 2 unspecified atom stereocenters. The molecule has 1 saturated heterocycles. The molecule has 0 saturated carbocycles. The molecule has 30 heavy (non-hydrogen) atoms. The van der Waals surface area contributed by atoms with Gasteiger partial charge in [0.15, 0.2) is 5.76 Å². The topological polar surface area (TPSA) is 99.2 Å². The van der Waals surface area contributed by atoms with Crippen molar-refractivity contribution in [2.24, 2.45) is 0 Å². The number of fused-ring (bicyclic) bond motifs is 1. The Balaban J connectivity index is 1.41. The zero-order chi connectivity index (χ0) is 20.5. The van der Waals surface area contributed by atoms with E-state index >= 15 is 0 Å². The maximum atomic E-state index is 12.7. The van der Waals surface area contributed by atoms with Crippen LogP contribution in [0.15, 0.2) is 76.2 Å². The van der Waals surface area contributed by atoms with Crippen molar-refractivity contribution in [3.05, 3.63) is 83.1 Å². The standard InChI is InChI=1S/C22H18N4O4/c27-21-6-5-16(14-7-9-23-10-8-14)25-26(21)18-13-29-12-17(18)24-22(28)20-11-15-3-1-2-4-19(15)30-20/h1-11,17-18H,12-13H2,(H,24,28). The highest BCUT2D eigenvalue weighted by Gasteiger charge is 2.33. The average molecular weight is 402 g/mol. The van der Waals surface area contributed by atoms with Crippen LogP contribution in [0.4, 0.5) is 0 Å². The SMILES string of the molecule is O=C(NC1COCC1n1nc(-c2ccncc2)ccc1=O)c1cc2ccccc2o1. The Morgan fingerprint density at radius 2 is 1.90 bits per heavy atom. The van der Waals surface area contributed by atoms with Crippen LogP contribution in [0.5, 0.6) is 0 Å². The van der Waals surface area contributed by atoms with E-state index in [1.54, 1.807) is 24.5 Å². The number of hydrogen-bond donors (Lipinski definition) is 1. The normalized spacial score (nSPS) is 18.5. The van der Waals surface area contributed by atoms with Gasteiger partial charge in [0, 0.05) is 29.4 Å². The van der Waals surface area contributed by atoms with Crippen LogP contribution in [0.2, 0.25) is 0 Å². The number of nitrogens with one attached hydrogen (secondary N) is 1. The minimum Gasteiger partial charge on any atom is -0.451 e. The van der Waals surface area contributed by atoms with Gasteiger partial charge in [0.1, 0.15) is 11.6 Å². The molecule has 1 amide bonds. The van der Waals surface area contributed by atoms with Crippen molar-refractivity contribution in [1.29, 1.82) is 0 Å². The highest BCUT2D eigenvalue weighted by atomic mass is 16.5. The summed E-state index contributed by atoms with van der Waals surface area (Å²) in [6.45, 7) is 0.558. The van der Waals surface area contributed by atoms with Crippen molar-refractivity contribution < 1.29 is 13.9 Å². The van der Waals surface area contributed by atoms with E-state index in [0.29, 0.717) is 11.3 Å². The number of rotatable bonds is 4. The molecule has 1 aliphatic heterocycles. The molecular weight excluding hydrogens is 384 g/mol. The van der Waals surface area contributed by atoms with Gasteiger partial charge in [-0.3, -0.25) is 14.6 Å². The minimum absolute atomic E-state index is 0.215. The molecule has 0 bridgehead atoms. The Hall–Kier alpha value is -3.78. The lowest BCUT2D eigenvalue weighted by molar-refractivity contribution is 0.0899. The van der Waals surface area contributed by atoms with Gasteiger partial charge < -0.3 is 14.5 Å². The Labute approximate surface area is 171 Å². The van der Waals surface area contributed by atoms with E-state index < -0.39 is 12.1 Å². The Morgan fingerprint density at radius 1 is 1.07 bits per heavy atom. The molecule has 0 aliphatic carbocycles. The summed E-state index contributed by atoms with van der Waals surface area (Å²) >= 11 is 0. The molecule has 1 N–H and O–H groups in total. The molecule has 3 aromatic heterocycles. The van der Waals surface area contributed by atoms with Gasteiger partial charge in [-0.15, -0.1) is 0 Å². The largest absolute Gasteiger partial charge is 0.451 e. The van der Waals surface area contributed by atoms with E-state index in [9.17, 15) is 9.59 Å². The van der Waals surface area contributed by atoms with Crippen LogP contribution in [0.1, 0.15) is 16.6 Å². The van der Waals surface area contributed by atoms with Crippen LogP contribution in [-0.4, -0.2) is 39.9 Å². The fraction of sp³-hybridized carbons (Fsp3) is 0.182. The van der Waals surface area contributed by atoms with Crippen molar-refractivity contribution in [2.45, 2.75) is 12.1 Å². The Kier molecular flexibility index (Phi) is 4.61. The lowest BCUT2D eigenvalue weighted by Crippen LogP contribution is -2.44. The second-order valence-electron chi connectivity index (χ2n) is 7.07. The lowest BCUT2D eigenvalue weighted by atomic mass is 10.1. The number of carbonyl (C=O) groups is 1. The number of para-hydroxylation sites is 1. The highest BCUT2D eigenvalue weighted by molar-refractivity contribution is 5.96. The van der Waals surface area contributed by atoms with E-state index in [4.69, 9.17) is 9.15 Å². The molecule has 4 aromatic rings. The summed E-state index contributed by atoms with van der Waals surface area (Å²) in [5, 5.41) is 8.29. The van der Waals surface area contributed by atoms with E-state index in [1.807, 2.05) is 36.4 Å². The number of carbonyl (C=O) groups excluding carboxylic acids is 1. The second-order valence-corrected chi connectivity index (χ2v) is 7.07. The van der Waals surface area contributed by atoms with Gasteiger partial charge in [0.2, 0.25) is 0 Å². The monoisotopic (exact) mass is 402 g/mol. The van der Waals surface area contributed by atoms with Gasteiger partial charge in [0.05, 0.1) is 24.9 Å². The van der Waals surface area contributed by atoms with Gasteiger partial charge in [0.25, 0.3) is 11.5 Å². The lowest BCUT2D eigenvalue weighted by Gasteiger charge is -2.20. The Morgan fingerprint density at radius 3 is 2.73 bits per heavy atom. The van der Waals surface area contributed by atoms with Crippen molar-refractivity contribution in [3.63, 3.8) is 0 Å². The number of amides is 1. The number of pyridine rings is 1. The van der Waals surface area contributed by atoms with Gasteiger partial charge >= 0.3 is 0 Å². The molecule has 8 heteroatoms. The quantitative estimate of drug-likeness (QED) is 0.563. The van der Waals surface area contributed by atoms with Crippen molar-refractivity contribution in [2.75, 3.05) is 13.2 Å². The van der Waals surface area contributed by atoms with Gasteiger partial charge in [-0.1, -0.05) is 18.2 Å². The number of hydrogen-bond acceptors (Lipinski definition) is 6. The molecular formula is C22H18N4O4. The van der Waals surface area contributed by atoms with E-state index in [0.717, 1.165) is 10.9 Å². The van der Waals surface area contributed by atoms with Crippen molar-refractivity contribution in [1.82, 2.24) is 20.1 Å². The van der Waals surface area contributed by atoms with Crippen LogP contribution >= 0.6 is 0 Å². The first-order valence-corrected chi connectivity index (χ1v) is 9.56. The third-order valence-corrected chi connectivity index (χ3v) is 5.13.